The van der Waals surface area contributed by atoms with E-state index in [1.165, 1.54) is 11.3 Å². The molecule has 2 fully saturated rings. The number of anilines is 2. The van der Waals surface area contributed by atoms with Crippen molar-refractivity contribution in [3.8, 4) is 17.3 Å². The van der Waals surface area contributed by atoms with E-state index in [9.17, 15) is 5.26 Å². The maximum atomic E-state index is 9.86. The lowest BCUT2D eigenvalue weighted by atomic mass is 10.1. The van der Waals surface area contributed by atoms with E-state index >= 15 is 0 Å². The van der Waals surface area contributed by atoms with Crippen LogP contribution in [-0.4, -0.2) is 74.4 Å². The minimum atomic E-state index is 0.522. The molecule has 1 unspecified atom stereocenters. The quantitative estimate of drug-likeness (QED) is 0.548. The minimum Gasteiger partial charge on any atom is -0.378 e. The summed E-state index contributed by atoms with van der Waals surface area (Å²) < 4.78 is 5.45. The van der Waals surface area contributed by atoms with Gasteiger partial charge in [-0.3, -0.25) is 0 Å². The molecule has 0 aliphatic carbocycles. The first-order valence-corrected chi connectivity index (χ1v) is 12.3. The van der Waals surface area contributed by atoms with Crippen LogP contribution in [0.5, 0.6) is 0 Å². The zero-order valence-corrected chi connectivity index (χ0v) is 20.5. The average Bonchev–Trinajstić information content (AvgIpc) is 3.40. The Bertz CT molecular complexity index is 1200. The van der Waals surface area contributed by atoms with Crippen LogP contribution in [0.15, 0.2) is 54.7 Å². The molecule has 3 aromatic rings. The fraction of sp³-hybridized carbons (Fsp3) is 0.393. The van der Waals surface area contributed by atoms with Crippen LogP contribution in [0, 0.1) is 11.3 Å². The summed E-state index contributed by atoms with van der Waals surface area (Å²) in [5.41, 5.74) is 5.90. The van der Waals surface area contributed by atoms with Crippen LogP contribution >= 0.6 is 0 Å². The van der Waals surface area contributed by atoms with Crippen LogP contribution < -0.4 is 9.80 Å². The number of likely N-dealkylation sites (N-methyl/N-ethyl adjacent to an activating group) is 1. The van der Waals surface area contributed by atoms with E-state index in [0.717, 1.165) is 68.6 Å². The summed E-state index contributed by atoms with van der Waals surface area (Å²) in [4.78, 5) is 16.3. The number of morpholine rings is 1. The normalized spacial score (nSPS) is 18.2. The molecule has 1 aromatic heterocycles. The second-order valence-corrected chi connectivity index (χ2v) is 9.50. The highest BCUT2D eigenvalue weighted by Gasteiger charge is 2.25. The van der Waals surface area contributed by atoms with Gasteiger partial charge in [-0.25, -0.2) is 9.97 Å². The Morgan fingerprint density at radius 2 is 1.83 bits per heavy atom. The van der Waals surface area contributed by atoms with Gasteiger partial charge >= 0.3 is 0 Å². The van der Waals surface area contributed by atoms with Gasteiger partial charge in [0.1, 0.15) is 11.9 Å². The molecule has 2 aromatic carbocycles. The smallest absolute Gasteiger partial charge is 0.133 e. The molecule has 2 aliphatic heterocycles. The third-order valence-electron chi connectivity index (χ3n) is 7.03. The van der Waals surface area contributed by atoms with Crippen LogP contribution in [0.25, 0.3) is 11.3 Å². The Kier molecular flexibility index (Phi) is 6.94. The highest BCUT2D eigenvalue weighted by Crippen LogP contribution is 2.29. The van der Waals surface area contributed by atoms with E-state index in [1.54, 1.807) is 0 Å². The van der Waals surface area contributed by atoms with Gasteiger partial charge in [0.05, 0.1) is 30.2 Å². The van der Waals surface area contributed by atoms with Gasteiger partial charge in [0, 0.05) is 56.1 Å². The zero-order valence-electron chi connectivity index (χ0n) is 20.5. The summed E-state index contributed by atoms with van der Waals surface area (Å²) in [5.74, 6) is 0.776. The number of aromatic nitrogens is 2. The number of benzene rings is 2. The second kappa shape index (κ2) is 10.4. The van der Waals surface area contributed by atoms with Crippen LogP contribution in [0.3, 0.4) is 0 Å². The molecule has 180 valence electrons. The van der Waals surface area contributed by atoms with Crippen molar-refractivity contribution in [3.05, 3.63) is 71.7 Å². The van der Waals surface area contributed by atoms with Gasteiger partial charge in [-0.2, -0.15) is 5.26 Å². The van der Waals surface area contributed by atoms with Crippen molar-refractivity contribution in [2.75, 3.05) is 63.3 Å². The molecule has 0 radical (unpaired) electrons. The first-order chi connectivity index (χ1) is 17.1. The van der Waals surface area contributed by atoms with Crippen LogP contribution in [0.2, 0.25) is 0 Å². The van der Waals surface area contributed by atoms with E-state index in [1.807, 2.05) is 18.3 Å². The van der Waals surface area contributed by atoms with Gasteiger partial charge in [-0.15, -0.1) is 0 Å². The monoisotopic (exact) mass is 468 g/mol. The third kappa shape index (κ3) is 5.29. The fourth-order valence-corrected chi connectivity index (χ4v) is 4.92. The van der Waals surface area contributed by atoms with Crippen LogP contribution in [0.1, 0.15) is 23.4 Å². The van der Waals surface area contributed by atoms with Crippen molar-refractivity contribution in [2.24, 2.45) is 0 Å². The molecule has 35 heavy (non-hydrogen) atoms. The first kappa shape index (κ1) is 23.3. The van der Waals surface area contributed by atoms with Crippen molar-refractivity contribution in [1.29, 1.82) is 5.26 Å². The lowest BCUT2D eigenvalue weighted by molar-refractivity contribution is 0.122. The Labute approximate surface area is 207 Å². The maximum absolute atomic E-state index is 9.86. The fourth-order valence-electron chi connectivity index (χ4n) is 4.92. The van der Waals surface area contributed by atoms with E-state index in [-0.39, 0.29) is 0 Å². The number of hydrogen-bond donors (Lipinski definition) is 0. The molecule has 2 saturated heterocycles. The van der Waals surface area contributed by atoms with E-state index in [0.29, 0.717) is 18.0 Å². The van der Waals surface area contributed by atoms with Crippen molar-refractivity contribution in [2.45, 2.75) is 18.9 Å². The van der Waals surface area contributed by atoms with E-state index < -0.39 is 0 Å². The van der Waals surface area contributed by atoms with Gasteiger partial charge in [-0.05, 0) is 56.4 Å². The number of nitrogens with zero attached hydrogens (tertiary/aromatic N) is 6. The third-order valence-corrected chi connectivity index (χ3v) is 7.03. The van der Waals surface area contributed by atoms with Gasteiger partial charge in [0.25, 0.3) is 0 Å². The van der Waals surface area contributed by atoms with E-state index in [4.69, 9.17) is 9.72 Å². The Morgan fingerprint density at radius 3 is 2.54 bits per heavy atom. The molecule has 3 heterocycles. The molecule has 0 saturated carbocycles. The van der Waals surface area contributed by atoms with Gasteiger partial charge in [0.15, 0.2) is 0 Å². The summed E-state index contributed by atoms with van der Waals surface area (Å²) >= 11 is 0. The largest absolute Gasteiger partial charge is 0.378 e. The highest BCUT2D eigenvalue weighted by atomic mass is 16.5. The lowest BCUT2D eigenvalue weighted by Crippen LogP contribution is -2.36. The summed E-state index contributed by atoms with van der Waals surface area (Å²) in [5, 5.41) is 9.86. The van der Waals surface area contributed by atoms with Crippen molar-refractivity contribution in [1.82, 2.24) is 14.9 Å². The maximum Gasteiger partial charge on any atom is 0.133 e. The molecule has 0 amide bonds. The number of hydrogen-bond acceptors (Lipinski definition) is 7. The van der Waals surface area contributed by atoms with Crippen LogP contribution in [-0.2, 0) is 11.2 Å². The van der Waals surface area contributed by atoms with Crippen molar-refractivity contribution in [3.63, 3.8) is 0 Å². The van der Waals surface area contributed by atoms with Crippen molar-refractivity contribution < 1.29 is 4.74 Å². The second-order valence-electron chi connectivity index (χ2n) is 9.50. The molecule has 0 spiro atoms. The topological polar surface area (TPSA) is 68.5 Å². The zero-order chi connectivity index (χ0) is 24.2. The standard InChI is InChI=1S/C28H32N6O/c1-32(2)25-10-12-34(20-25)27-8-5-22(18-23(27)19-29)26-9-11-30-28(31-26)17-21-3-6-24(7-4-21)33-13-15-35-16-14-33/h3-9,11,18,25H,10,12-17,20H2,1-2H3. The molecule has 0 bridgehead atoms. The number of nitriles is 1. The van der Waals surface area contributed by atoms with Gasteiger partial charge < -0.3 is 19.4 Å². The van der Waals surface area contributed by atoms with Gasteiger partial charge in [-0.1, -0.05) is 18.2 Å². The number of rotatable bonds is 6. The van der Waals surface area contributed by atoms with Crippen LogP contribution in [0.4, 0.5) is 11.4 Å². The molecule has 0 N–H and O–H groups in total. The lowest BCUT2D eigenvalue weighted by Gasteiger charge is -2.28. The SMILES string of the molecule is CN(C)C1CCN(c2ccc(-c3ccnc(Cc4ccc(N5CCOCC5)cc4)n3)cc2C#N)C1. The summed E-state index contributed by atoms with van der Waals surface area (Å²) in [6.45, 7) is 5.35. The predicted molar refractivity (Wildman–Crippen MR) is 139 cm³/mol. The summed E-state index contributed by atoms with van der Waals surface area (Å²) in [7, 11) is 4.24. The van der Waals surface area contributed by atoms with Crippen molar-refractivity contribution >= 4 is 11.4 Å². The molecule has 2 aliphatic rings. The molecule has 7 nitrogen and oxygen atoms in total. The summed E-state index contributed by atoms with van der Waals surface area (Å²) in [6, 6.07) is 19.6. The molecular formula is C28H32N6O. The molecular weight excluding hydrogens is 436 g/mol. The van der Waals surface area contributed by atoms with E-state index in [2.05, 4.69) is 76.2 Å². The first-order valence-electron chi connectivity index (χ1n) is 12.3. The highest BCUT2D eigenvalue weighted by molar-refractivity contribution is 5.70. The van der Waals surface area contributed by atoms with Gasteiger partial charge in [0.2, 0.25) is 0 Å². The molecule has 1 atom stereocenters. The average molecular weight is 469 g/mol. The summed E-state index contributed by atoms with van der Waals surface area (Å²) in [6.07, 6.45) is 3.59. The Morgan fingerprint density at radius 1 is 1.03 bits per heavy atom. The Hall–Kier alpha value is -3.47. The Balaban J connectivity index is 1.31. The molecule has 5 rings (SSSR count). The molecule has 7 heteroatoms. The predicted octanol–water partition coefficient (Wildman–Crippen LogP) is 3.58. The number of ether oxygens (including phenoxy) is 1. The minimum absolute atomic E-state index is 0.522.